The number of fused-ring (bicyclic) bond motifs is 2. The first-order valence-corrected chi connectivity index (χ1v) is 12.1. The molecule has 2 aliphatic carbocycles. The molecule has 0 heterocycles. The summed E-state index contributed by atoms with van der Waals surface area (Å²) in [5.74, 6) is 0. The third-order valence-electron chi connectivity index (χ3n) is 6.19. The van der Waals surface area contributed by atoms with Crippen LogP contribution in [0.25, 0.3) is 12.2 Å². The Morgan fingerprint density at radius 1 is 0.840 bits per heavy atom. The summed E-state index contributed by atoms with van der Waals surface area (Å²) in [6.45, 7) is 11.4. The van der Waals surface area contributed by atoms with Gasteiger partial charge in [-0.3, -0.25) is 0 Å². The zero-order valence-electron chi connectivity index (χ0n) is 15.4. The summed E-state index contributed by atoms with van der Waals surface area (Å²) in [5.41, 5.74) is 10.1. The molecule has 2 unspecified atom stereocenters. The van der Waals surface area contributed by atoms with Gasteiger partial charge in [0.25, 0.3) is 0 Å². The Balaban J connectivity index is 1.89. The fourth-order valence-electron chi connectivity index (χ4n) is 5.42. The topological polar surface area (TPSA) is 0 Å². The van der Waals surface area contributed by atoms with Crippen LogP contribution in [0.1, 0.15) is 47.2 Å². The van der Waals surface area contributed by atoms with Crippen molar-refractivity contribution in [3.05, 3.63) is 94.6 Å². The van der Waals surface area contributed by atoms with Crippen LogP contribution in [0.2, 0.25) is 12.6 Å². The molecular weight excluding hydrogens is 316 g/mol. The number of benzene rings is 2. The summed E-state index contributed by atoms with van der Waals surface area (Å²) in [7, 11) is -1.77. The quantitative estimate of drug-likeness (QED) is 0.427. The lowest BCUT2D eigenvalue weighted by atomic mass is 10.1. The number of hydrogen-bond acceptors (Lipinski definition) is 0. The predicted molar refractivity (Wildman–Crippen MR) is 112 cm³/mol. The first-order chi connectivity index (χ1) is 12.1. The summed E-state index contributed by atoms with van der Waals surface area (Å²) >= 11 is 0. The van der Waals surface area contributed by atoms with Gasteiger partial charge in [0, 0.05) is 11.1 Å². The second-order valence-electron chi connectivity index (χ2n) is 7.90. The van der Waals surface area contributed by atoms with Crippen LogP contribution in [0, 0.1) is 0 Å². The molecule has 0 radical (unpaired) electrons. The van der Waals surface area contributed by atoms with E-state index in [1.807, 2.05) is 0 Å². The molecule has 25 heavy (non-hydrogen) atoms. The third-order valence-corrected chi connectivity index (χ3v) is 11.5. The minimum atomic E-state index is -1.77. The van der Waals surface area contributed by atoms with E-state index in [9.17, 15) is 0 Å². The second-order valence-corrected chi connectivity index (χ2v) is 12.5. The van der Waals surface area contributed by atoms with Gasteiger partial charge in [-0.2, -0.15) is 0 Å². The number of hydrogen-bond donors (Lipinski definition) is 0. The largest absolute Gasteiger partial charge is 0.103 e. The van der Waals surface area contributed by atoms with Gasteiger partial charge in [0.05, 0.1) is 8.07 Å². The zero-order chi connectivity index (χ0) is 17.6. The van der Waals surface area contributed by atoms with E-state index in [0.717, 1.165) is 6.04 Å². The van der Waals surface area contributed by atoms with Crippen LogP contribution in [-0.2, 0) is 0 Å². The third kappa shape index (κ3) is 2.41. The predicted octanol–water partition coefficient (Wildman–Crippen LogP) is 6.73. The molecule has 0 saturated heterocycles. The SMILES string of the molecule is C=CC[Si](C)(C1C(C)=Cc2ccccc21)C1C(C)=Cc2ccccc21. The van der Waals surface area contributed by atoms with Gasteiger partial charge in [0.15, 0.2) is 0 Å². The number of allylic oxidation sites excluding steroid dienone is 3. The Hall–Kier alpha value is -2.12. The van der Waals surface area contributed by atoms with E-state index in [1.54, 1.807) is 0 Å². The standard InChI is InChI=1S/C24H26Si/c1-5-14-25(4,23-17(2)15-19-10-6-8-12-21(19)23)24-18(3)16-20-11-7-9-13-22(20)24/h5-13,15-16,23-24H,1,14H2,2-4H3. The first-order valence-electron chi connectivity index (χ1n) is 9.21. The Morgan fingerprint density at radius 3 is 1.72 bits per heavy atom. The lowest BCUT2D eigenvalue weighted by Gasteiger charge is -2.41. The van der Waals surface area contributed by atoms with E-state index in [2.05, 4.69) is 93.7 Å². The van der Waals surface area contributed by atoms with Crippen molar-refractivity contribution in [3.63, 3.8) is 0 Å². The minimum Gasteiger partial charge on any atom is -0.103 e. The van der Waals surface area contributed by atoms with Gasteiger partial charge >= 0.3 is 0 Å². The fraction of sp³-hybridized carbons (Fsp3) is 0.250. The van der Waals surface area contributed by atoms with E-state index in [-0.39, 0.29) is 0 Å². The van der Waals surface area contributed by atoms with Crippen molar-refractivity contribution in [1.29, 1.82) is 0 Å². The van der Waals surface area contributed by atoms with Crippen LogP contribution in [0.4, 0.5) is 0 Å². The number of rotatable bonds is 4. The van der Waals surface area contributed by atoms with Crippen LogP contribution >= 0.6 is 0 Å². The van der Waals surface area contributed by atoms with Crippen molar-refractivity contribution >= 4 is 20.2 Å². The molecule has 126 valence electrons. The van der Waals surface area contributed by atoms with Gasteiger partial charge in [-0.1, -0.05) is 84.5 Å². The Morgan fingerprint density at radius 2 is 1.28 bits per heavy atom. The summed E-state index contributed by atoms with van der Waals surface area (Å²) in [6, 6.07) is 19.1. The van der Waals surface area contributed by atoms with Crippen LogP contribution in [0.15, 0.2) is 72.3 Å². The molecule has 0 fully saturated rings. The van der Waals surface area contributed by atoms with Gasteiger partial charge < -0.3 is 0 Å². The van der Waals surface area contributed by atoms with Crippen molar-refractivity contribution in [1.82, 2.24) is 0 Å². The monoisotopic (exact) mass is 342 g/mol. The lowest BCUT2D eigenvalue weighted by molar-refractivity contribution is 0.954. The highest BCUT2D eigenvalue weighted by Crippen LogP contribution is 2.53. The summed E-state index contributed by atoms with van der Waals surface area (Å²) in [4.78, 5) is 0. The highest BCUT2D eigenvalue weighted by molar-refractivity contribution is 6.83. The molecule has 0 saturated carbocycles. The Kier molecular flexibility index (Phi) is 3.92. The molecule has 0 aromatic heterocycles. The van der Waals surface area contributed by atoms with Crippen molar-refractivity contribution in [2.45, 2.75) is 37.5 Å². The zero-order valence-corrected chi connectivity index (χ0v) is 16.4. The first kappa shape index (κ1) is 16.4. The average Bonchev–Trinajstić information content (AvgIpc) is 3.10. The van der Waals surface area contributed by atoms with Crippen LogP contribution in [-0.4, -0.2) is 8.07 Å². The highest BCUT2D eigenvalue weighted by Gasteiger charge is 2.48. The molecule has 0 amide bonds. The van der Waals surface area contributed by atoms with Gasteiger partial charge in [-0.05, 0) is 42.1 Å². The molecule has 0 nitrogen and oxygen atoms in total. The minimum absolute atomic E-state index is 0.571. The van der Waals surface area contributed by atoms with E-state index in [1.165, 1.54) is 33.4 Å². The maximum atomic E-state index is 4.15. The van der Waals surface area contributed by atoms with E-state index >= 15 is 0 Å². The normalized spacial score (nSPS) is 23.3. The maximum Gasteiger partial charge on any atom is 0.0788 e. The van der Waals surface area contributed by atoms with Crippen molar-refractivity contribution in [3.8, 4) is 0 Å². The van der Waals surface area contributed by atoms with E-state index in [0.29, 0.717) is 11.1 Å². The van der Waals surface area contributed by atoms with Crippen LogP contribution < -0.4 is 0 Å². The summed E-state index contributed by atoms with van der Waals surface area (Å²) < 4.78 is 0. The molecule has 2 aliphatic rings. The molecule has 2 aromatic carbocycles. The average molecular weight is 343 g/mol. The lowest BCUT2D eigenvalue weighted by Crippen LogP contribution is -2.45. The summed E-state index contributed by atoms with van der Waals surface area (Å²) in [6.07, 6.45) is 7.00. The van der Waals surface area contributed by atoms with Crippen molar-refractivity contribution < 1.29 is 0 Å². The molecule has 0 spiro atoms. The highest BCUT2D eigenvalue weighted by atomic mass is 28.3. The molecule has 4 rings (SSSR count). The van der Waals surface area contributed by atoms with E-state index in [4.69, 9.17) is 0 Å². The van der Waals surface area contributed by atoms with Crippen molar-refractivity contribution in [2.24, 2.45) is 0 Å². The molecule has 2 aromatic rings. The summed E-state index contributed by atoms with van der Waals surface area (Å²) in [5, 5.41) is 0. The molecular formula is C24H26Si. The molecule has 0 aliphatic heterocycles. The van der Waals surface area contributed by atoms with Gasteiger partial charge in [0.1, 0.15) is 0 Å². The molecule has 0 bridgehead atoms. The van der Waals surface area contributed by atoms with Crippen LogP contribution in [0.5, 0.6) is 0 Å². The fourth-order valence-corrected chi connectivity index (χ4v) is 11.0. The van der Waals surface area contributed by atoms with Gasteiger partial charge in [0.2, 0.25) is 0 Å². The van der Waals surface area contributed by atoms with E-state index < -0.39 is 8.07 Å². The smallest absolute Gasteiger partial charge is 0.0788 e. The second kappa shape index (κ2) is 6.00. The van der Waals surface area contributed by atoms with Crippen LogP contribution in [0.3, 0.4) is 0 Å². The van der Waals surface area contributed by atoms with Gasteiger partial charge in [-0.25, -0.2) is 0 Å². The maximum absolute atomic E-state index is 4.15. The molecule has 1 heteroatoms. The Labute approximate surface area is 152 Å². The van der Waals surface area contributed by atoms with Crippen molar-refractivity contribution in [2.75, 3.05) is 0 Å². The molecule has 0 N–H and O–H groups in total. The van der Waals surface area contributed by atoms with Gasteiger partial charge in [-0.15, -0.1) is 6.58 Å². The Bertz CT molecular complexity index is 832. The molecule has 2 atom stereocenters.